The van der Waals surface area contributed by atoms with E-state index in [-0.39, 0.29) is 6.61 Å². The van der Waals surface area contributed by atoms with Crippen molar-refractivity contribution < 1.29 is 9.90 Å². The monoisotopic (exact) mass is 199 g/mol. The number of aliphatic hydroxyl groups excluding tert-OH is 1. The van der Waals surface area contributed by atoms with E-state index in [0.29, 0.717) is 0 Å². The van der Waals surface area contributed by atoms with Crippen molar-refractivity contribution >= 4 is 6.29 Å². The molecule has 0 unspecified atom stereocenters. The van der Waals surface area contributed by atoms with Crippen LogP contribution in [-0.4, -0.2) is 42.5 Å². The summed E-state index contributed by atoms with van der Waals surface area (Å²) in [4.78, 5) is 12.5. The average molecular weight is 199 g/mol. The summed E-state index contributed by atoms with van der Waals surface area (Å²) >= 11 is 0. The van der Waals surface area contributed by atoms with Gasteiger partial charge in [0.2, 0.25) is 0 Å². The predicted octanol–water partition coefficient (Wildman–Crippen LogP) is 1.06. The number of piperidine rings is 1. The number of carbonyl (C=O) groups is 1. The largest absolute Gasteiger partial charge is 0.395 e. The van der Waals surface area contributed by atoms with Gasteiger partial charge in [-0.25, -0.2) is 0 Å². The van der Waals surface area contributed by atoms with Crippen molar-refractivity contribution in [3.8, 4) is 0 Å². The van der Waals surface area contributed by atoms with E-state index in [2.05, 4.69) is 4.90 Å². The van der Waals surface area contributed by atoms with Crippen LogP contribution in [0.1, 0.15) is 32.1 Å². The van der Waals surface area contributed by atoms with Gasteiger partial charge >= 0.3 is 0 Å². The van der Waals surface area contributed by atoms with Crippen LogP contribution in [0.4, 0.5) is 0 Å². The minimum atomic E-state index is 0.274. The molecule has 1 heterocycles. The molecule has 0 bridgehead atoms. The number of likely N-dealkylation sites (tertiary alicyclic amines) is 1. The molecule has 14 heavy (non-hydrogen) atoms. The van der Waals surface area contributed by atoms with E-state index in [0.717, 1.165) is 44.7 Å². The van der Waals surface area contributed by atoms with E-state index in [1.54, 1.807) is 0 Å². The SMILES string of the molecule is O=CCCCC1CCN(CCO)CC1. The standard InChI is InChI=1S/C11H21NO2/c13-9-2-1-3-11-4-6-12(7-5-11)8-10-14/h9,11,14H,1-8,10H2. The molecular formula is C11H21NO2. The number of hydrogen-bond acceptors (Lipinski definition) is 3. The first-order valence-corrected chi connectivity index (χ1v) is 5.63. The van der Waals surface area contributed by atoms with Crippen LogP contribution in [0.5, 0.6) is 0 Å². The number of aliphatic hydroxyl groups is 1. The number of nitrogens with zero attached hydrogens (tertiary/aromatic N) is 1. The van der Waals surface area contributed by atoms with Gasteiger partial charge in [-0.3, -0.25) is 0 Å². The first-order chi connectivity index (χ1) is 6.86. The summed E-state index contributed by atoms with van der Waals surface area (Å²) < 4.78 is 0. The lowest BCUT2D eigenvalue weighted by Crippen LogP contribution is -2.35. The van der Waals surface area contributed by atoms with Gasteiger partial charge in [0.05, 0.1) is 6.61 Å². The molecule has 0 aromatic heterocycles. The number of β-amino-alcohol motifs (C(OH)–C–C–N with tert-alkyl or cyclic N) is 1. The van der Waals surface area contributed by atoms with Gasteiger partial charge in [0.25, 0.3) is 0 Å². The number of aldehydes is 1. The Morgan fingerprint density at radius 3 is 2.64 bits per heavy atom. The Hall–Kier alpha value is -0.410. The second-order valence-corrected chi connectivity index (χ2v) is 4.11. The van der Waals surface area contributed by atoms with E-state index in [4.69, 9.17) is 5.11 Å². The zero-order valence-corrected chi connectivity index (χ0v) is 8.82. The lowest BCUT2D eigenvalue weighted by atomic mass is 9.92. The molecule has 1 rings (SSSR count). The molecule has 82 valence electrons. The van der Waals surface area contributed by atoms with E-state index in [9.17, 15) is 4.79 Å². The molecule has 0 aliphatic carbocycles. The highest BCUT2D eigenvalue weighted by molar-refractivity contribution is 5.48. The van der Waals surface area contributed by atoms with Gasteiger partial charge in [0, 0.05) is 13.0 Å². The molecule has 1 saturated heterocycles. The van der Waals surface area contributed by atoms with Crippen molar-refractivity contribution in [3.05, 3.63) is 0 Å². The zero-order chi connectivity index (χ0) is 10.2. The second kappa shape index (κ2) is 6.96. The van der Waals surface area contributed by atoms with Crippen LogP contribution in [-0.2, 0) is 4.79 Å². The lowest BCUT2D eigenvalue weighted by molar-refractivity contribution is -0.108. The molecule has 0 radical (unpaired) electrons. The highest BCUT2D eigenvalue weighted by Gasteiger charge is 2.17. The molecule has 0 atom stereocenters. The van der Waals surface area contributed by atoms with Crippen molar-refractivity contribution in [2.75, 3.05) is 26.2 Å². The summed E-state index contributed by atoms with van der Waals surface area (Å²) in [5.41, 5.74) is 0. The van der Waals surface area contributed by atoms with Crippen LogP contribution >= 0.6 is 0 Å². The van der Waals surface area contributed by atoms with Crippen LogP contribution in [0.3, 0.4) is 0 Å². The molecule has 0 saturated carbocycles. The van der Waals surface area contributed by atoms with Crippen LogP contribution in [0.15, 0.2) is 0 Å². The molecule has 1 N–H and O–H groups in total. The van der Waals surface area contributed by atoms with Crippen LogP contribution in [0.25, 0.3) is 0 Å². The summed E-state index contributed by atoms with van der Waals surface area (Å²) in [7, 11) is 0. The van der Waals surface area contributed by atoms with E-state index >= 15 is 0 Å². The molecule has 0 aromatic carbocycles. The molecule has 3 heteroatoms. The van der Waals surface area contributed by atoms with Crippen molar-refractivity contribution in [1.29, 1.82) is 0 Å². The fourth-order valence-corrected chi connectivity index (χ4v) is 2.13. The topological polar surface area (TPSA) is 40.5 Å². The van der Waals surface area contributed by atoms with Gasteiger partial charge in [0.1, 0.15) is 6.29 Å². The van der Waals surface area contributed by atoms with Crippen molar-refractivity contribution in [2.45, 2.75) is 32.1 Å². The third-order valence-electron chi connectivity index (χ3n) is 3.06. The number of unbranched alkanes of at least 4 members (excludes halogenated alkanes) is 1. The summed E-state index contributed by atoms with van der Waals surface area (Å²) in [6.07, 6.45) is 6.45. The van der Waals surface area contributed by atoms with Gasteiger partial charge in [0.15, 0.2) is 0 Å². The predicted molar refractivity (Wildman–Crippen MR) is 56.2 cm³/mol. The highest BCUT2D eigenvalue weighted by atomic mass is 16.3. The molecule has 0 spiro atoms. The smallest absolute Gasteiger partial charge is 0.119 e. The summed E-state index contributed by atoms with van der Waals surface area (Å²) in [6, 6.07) is 0. The summed E-state index contributed by atoms with van der Waals surface area (Å²) in [5.74, 6) is 0.810. The quantitative estimate of drug-likeness (QED) is 0.513. The maximum atomic E-state index is 10.1. The lowest BCUT2D eigenvalue weighted by Gasteiger charge is -2.31. The van der Waals surface area contributed by atoms with Gasteiger partial charge in [-0.1, -0.05) is 0 Å². The summed E-state index contributed by atoms with van der Waals surface area (Å²) in [6.45, 7) is 3.33. The van der Waals surface area contributed by atoms with Crippen LogP contribution in [0.2, 0.25) is 0 Å². The fraction of sp³-hybridized carbons (Fsp3) is 0.909. The van der Waals surface area contributed by atoms with E-state index < -0.39 is 0 Å². The Bertz CT molecular complexity index is 153. The zero-order valence-electron chi connectivity index (χ0n) is 8.82. The van der Waals surface area contributed by atoms with Crippen molar-refractivity contribution in [1.82, 2.24) is 4.90 Å². The molecular weight excluding hydrogens is 178 g/mol. The molecule has 0 aromatic rings. The van der Waals surface area contributed by atoms with E-state index in [1.807, 2.05) is 0 Å². The number of rotatable bonds is 6. The molecule has 1 aliphatic heterocycles. The first-order valence-electron chi connectivity index (χ1n) is 5.63. The van der Waals surface area contributed by atoms with Gasteiger partial charge < -0.3 is 14.8 Å². The molecule has 1 aliphatic rings. The van der Waals surface area contributed by atoms with Crippen molar-refractivity contribution in [3.63, 3.8) is 0 Å². The maximum Gasteiger partial charge on any atom is 0.119 e. The normalized spacial score (nSPS) is 19.8. The van der Waals surface area contributed by atoms with Crippen molar-refractivity contribution in [2.24, 2.45) is 5.92 Å². The molecule has 1 fully saturated rings. The Kier molecular flexibility index (Phi) is 5.80. The maximum absolute atomic E-state index is 10.1. The Morgan fingerprint density at radius 2 is 2.07 bits per heavy atom. The average Bonchev–Trinajstić information content (AvgIpc) is 2.21. The van der Waals surface area contributed by atoms with Gasteiger partial charge in [-0.15, -0.1) is 0 Å². The highest BCUT2D eigenvalue weighted by Crippen LogP contribution is 2.21. The van der Waals surface area contributed by atoms with Gasteiger partial charge in [-0.05, 0) is 44.7 Å². The number of carbonyl (C=O) groups excluding carboxylic acids is 1. The third kappa shape index (κ3) is 4.20. The molecule has 0 amide bonds. The van der Waals surface area contributed by atoms with Gasteiger partial charge in [-0.2, -0.15) is 0 Å². The molecule has 3 nitrogen and oxygen atoms in total. The van der Waals surface area contributed by atoms with Crippen LogP contribution < -0.4 is 0 Å². The Labute approximate surface area is 86.1 Å². The minimum Gasteiger partial charge on any atom is -0.395 e. The third-order valence-corrected chi connectivity index (χ3v) is 3.06. The fourth-order valence-electron chi connectivity index (χ4n) is 2.13. The first kappa shape index (κ1) is 11.7. The Balaban J connectivity index is 2.06. The number of hydrogen-bond donors (Lipinski definition) is 1. The Morgan fingerprint density at radius 1 is 1.36 bits per heavy atom. The van der Waals surface area contributed by atoms with E-state index in [1.165, 1.54) is 19.3 Å². The second-order valence-electron chi connectivity index (χ2n) is 4.11. The summed E-state index contributed by atoms with van der Waals surface area (Å²) in [5, 5.41) is 8.78. The minimum absolute atomic E-state index is 0.274. The van der Waals surface area contributed by atoms with Crippen LogP contribution in [0, 0.1) is 5.92 Å².